The van der Waals surface area contributed by atoms with Crippen LogP contribution in [0.1, 0.15) is 24.7 Å². The van der Waals surface area contributed by atoms with Crippen LogP contribution in [0.2, 0.25) is 0 Å². The monoisotopic (exact) mass is 296 g/mol. The number of carboxylic acid groups (broad SMARTS) is 1. The van der Waals surface area contributed by atoms with Crippen LogP contribution in [-0.4, -0.2) is 41.2 Å². The van der Waals surface area contributed by atoms with Gasteiger partial charge in [-0.05, 0) is 18.6 Å². The summed E-state index contributed by atoms with van der Waals surface area (Å²) >= 11 is 0. The summed E-state index contributed by atoms with van der Waals surface area (Å²) in [5.74, 6) is -2.20. The normalized spacial score (nSPS) is 17.0. The van der Waals surface area contributed by atoms with Gasteiger partial charge in [-0.15, -0.1) is 0 Å². The lowest BCUT2D eigenvalue weighted by atomic mass is 10.3. The second-order valence-corrected chi connectivity index (χ2v) is 4.48. The Bertz CT molecular complexity index is 460. The zero-order chi connectivity index (χ0) is 15.7. The Morgan fingerprint density at radius 1 is 1.48 bits per heavy atom. The Labute approximate surface area is 123 Å². The molecule has 116 valence electrons. The van der Waals surface area contributed by atoms with Gasteiger partial charge in [0.15, 0.2) is 0 Å². The smallest absolute Gasteiger partial charge is 0.371 e. The minimum atomic E-state index is -1.38. The number of hydrogen-bond donors (Lipinski definition) is 2. The number of hydrogen-bond acceptors (Lipinski definition) is 6. The summed E-state index contributed by atoms with van der Waals surface area (Å²) in [7, 11) is 0. The van der Waals surface area contributed by atoms with Crippen molar-refractivity contribution in [3.8, 4) is 0 Å². The van der Waals surface area contributed by atoms with Crippen molar-refractivity contribution in [2.45, 2.75) is 32.6 Å². The topological polar surface area (TPSA) is 112 Å². The fourth-order valence-corrected chi connectivity index (χ4v) is 1.57. The van der Waals surface area contributed by atoms with Gasteiger partial charge in [0.2, 0.25) is 5.78 Å². The maximum atomic E-state index is 9.54. The highest BCUT2D eigenvalue weighted by Crippen LogP contribution is 2.10. The summed E-state index contributed by atoms with van der Waals surface area (Å²) in [6, 6.07) is 5.83. The number of nitrogens with two attached hydrogens (primary N) is 1. The molecule has 0 saturated carbocycles. The molecule has 1 aliphatic heterocycles. The third kappa shape index (κ3) is 6.94. The number of carbonyl (C=O) groups is 2. The van der Waals surface area contributed by atoms with Crippen molar-refractivity contribution in [3.05, 3.63) is 29.6 Å². The average molecular weight is 296 g/mol. The minimum Gasteiger partial charge on any atom is -0.476 e. The quantitative estimate of drug-likeness (QED) is 0.761. The lowest BCUT2D eigenvalue weighted by Crippen LogP contribution is -2.13. The van der Waals surface area contributed by atoms with Crippen molar-refractivity contribution in [2.24, 2.45) is 5.73 Å². The first-order valence-corrected chi connectivity index (χ1v) is 6.61. The highest BCUT2D eigenvalue weighted by Gasteiger charge is 2.15. The van der Waals surface area contributed by atoms with Crippen LogP contribution in [0.5, 0.6) is 0 Å². The molecule has 1 atom stereocenters. The van der Waals surface area contributed by atoms with Crippen LogP contribution in [-0.2, 0) is 32.2 Å². The summed E-state index contributed by atoms with van der Waals surface area (Å²) in [6.07, 6.45) is 1.21. The van der Waals surface area contributed by atoms with Crippen LogP contribution in [0.25, 0.3) is 0 Å². The predicted molar refractivity (Wildman–Crippen MR) is 74.5 cm³/mol. The van der Waals surface area contributed by atoms with Crippen molar-refractivity contribution in [1.82, 2.24) is 4.98 Å². The number of carbonyl (C=O) groups excluding carboxylic acids is 1. The summed E-state index contributed by atoms with van der Waals surface area (Å²) in [5.41, 5.74) is 7.35. The number of rotatable bonds is 5. The van der Waals surface area contributed by atoms with Crippen molar-refractivity contribution < 1.29 is 24.2 Å². The van der Waals surface area contributed by atoms with Crippen LogP contribution < -0.4 is 5.73 Å². The SMILES string of the molecule is CC(=O)C(=O)O.NCc1cccc(COC2CCOC2)n1. The number of nitrogens with zero attached hydrogens (tertiary/aromatic N) is 1. The Kier molecular flexibility index (Phi) is 7.52. The fraction of sp³-hybridized carbons (Fsp3) is 0.500. The fourth-order valence-electron chi connectivity index (χ4n) is 1.57. The standard InChI is InChI=1S/C11H16N2O2.C3H4O3/c12-6-9-2-1-3-10(13-9)7-15-11-4-5-14-8-11;1-2(4)3(5)6/h1-3,11H,4-8,12H2;1H3,(H,5,6). The molecule has 0 aliphatic carbocycles. The van der Waals surface area contributed by atoms with Gasteiger partial charge in [0.25, 0.3) is 0 Å². The third-order valence-corrected chi connectivity index (χ3v) is 2.73. The number of ketones is 1. The molecule has 0 radical (unpaired) electrons. The molecule has 21 heavy (non-hydrogen) atoms. The molecule has 0 amide bonds. The molecule has 0 spiro atoms. The Hall–Kier alpha value is -1.83. The number of Topliss-reactive ketones (excluding diaryl/α,β-unsaturated/α-hetero) is 1. The zero-order valence-electron chi connectivity index (χ0n) is 11.9. The van der Waals surface area contributed by atoms with E-state index in [2.05, 4.69) is 4.98 Å². The Morgan fingerprint density at radius 2 is 2.14 bits per heavy atom. The first kappa shape index (κ1) is 17.2. The van der Waals surface area contributed by atoms with Gasteiger partial charge in [-0.2, -0.15) is 0 Å². The van der Waals surface area contributed by atoms with Gasteiger partial charge >= 0.3 is 5.97 Å². The van der Waals surface area contributed by atoms with E-state index in [9.17, 15) is 9.59 Å². The molecule has 1 unspecified atom stereocenters. The van der Waals surface area contributed by atoms with E-state index in [0.29, 0.717) is 19.8 Å². The van der Waals surface area contributed by atoms with E-state index in [0.717, 1.165) is 31.3 Å². The van der Waals surface area contributed by atoms with Gasteiger partial charge < -0.3 is 20.3 Å². The van der Waals surface area contributed by atoms with E-state index in [1.165, 1.54) is 0 Å². The van der Waals surface area contributed by atoms with Crippen LogP contribution in [0.4, 0.5) is 0 Å². The molecule has 0 aromatic carbocycles. The molecule has 3 N–H and O–H groups in total. The second-order valence-electron chi connectivity index (χ2n) is 4.48. The summed E-state index contributed by atoms with van der Waals surface area (Å²) < 4.78 is 10.9. The molecule has 2 heterocycles. The van der Waals surface area contributed by atoms with Crippen molar-refractivity contribution >= 4 is 11.8 Å². The van der Waals surface area contributed by atoms with Gasteiger partial charge in [-0.1, -0.05) is 6.07 Å². The first-order valence-electron chi connectivity index (χ1n) is 6.61. The lowest BCUT2D eigenvalue weighted by molar-refractivity contribution is -0.148. The van der Waals surface area contributed by atoms with E-state index in [-0.39, 0.29) is 6.10 Å². The van der Waals surface area contributed by atoms with Gasteiger partial charge in [0, 0.05) is 20.1 Å². The van der Waals surface area contributed by atoms with Crippen LogP contribution in [0.15, 0.2) is 18.2 Å². The minimum absolute atomic E-state index is 0.230. The maximum absolute atomic E-state index is 9.54. The molecule has 2 rings (SSSR count). The number of pyridine rings is 1. The number of carboxylic acids is 1. The second kappa shape index (κ2) is 9.17. The van der Waals surface area contributed by atoms with Gasteiger partial charge in [-0.25, -0.2) is 4.79 Å². The average Bonchev–Trinajstić information content (AvgIpc) is 2.99. The Morgan fingerprint density at radius 3 is 2.67 bits per heavy atom. The van der Waals surface area contributed by atoms with E-state index in [1.54, 1.807) is 0 Å². The molecule has 7 nitrogen and oxygen atoms in total. The van der Waals surface area contributed by atoms with E-state index in [4.69, 9.17) is 20.3 Å². The molecule has 1 aromatic heterocycles. The van der Waals surface area contributed by atoms with Crippen molar-refractivity contribution in [3.63, 3.8) is 0 Å². The molecule has 1 aliphatic rings. The Balaban J connectivity index is 0.000000315. The molecule has 1 fully saturated rings. The van der Waals surface area contributed by atoms with E-state index >= 15 is 0 Å². The summed E-state index contributed by atoms with van der Waals surface area (Å²) in [5, 5.41) is 7.64. The predicted octanol–water partition coefficient (Wildman–Crippen LogP) is 0.506. The van der Waals surface area contributed by atoms with Crippen LogP contribution in [0.3, 0.4) is 0 Å². The van der Waals surface area contributed by atoms with Gasteiger partial charge in [0.1, 0.15) is 0 Å². The molecule has 7 heteroatoms. The maximum Gasteiger partial charge on any atom is 0.371 e. The van der Waals surface area contributed by atoms with Crippen molar-refractivity contribution in [2.75, 3.05) is 13.2 Å². The third-order valence-electron chi connectivity index (χ3n) is 2.73. The molecule has 1 saturated heterocycles. The lowest BCUT2D eigenvalue weighted by Gasteiger charge is -2.09. The highest BCUT2D eigenvalue weighted by atomic mass is 16.5. The van der Waals surface area contributed by atoms with E-state index < -0.39 is 11.8 Å². The molecule has 1 aromatic rings. The highest BCUT2D eigenvalue weighted by molar-refractivity contribution is 6.31. The largest absolute Gasteiger partial charge is 0.476 e. The van der Waals surface area contributed by atoms with Crippen LogP contribution in [0, 0.1) is 0 Å². The van der Waals surface area contributed by atoms with Gasteiger partial charge in [-0.3, -0.25) is 9.78 Å². The summed E-state index contributed by atoms with van der Waals surface area (Å²) in [4.78, 5) is 23.3. The molecular formula is C14H20N2O5. The van der Waals surface area contributed by atoms with Crippen molar-refractivity contribution in [1.29, 1.82) is 0 Å². The first-order chi connectivity index (χ1) is 10.0. The number of aromatic nitrogens is 1. The van der Waals surface area contributed by atoms with Gasteiger partial charge in [0.05, 0.1) is 30.7 Å². The number of aliphatic carboxylic acids is 1. The zero-order valence-corrected chi connectivity index (χ0v) is 11.9. The number of ether oxygens (including phenoxy) is 2. The van der Waals surface area contributed by atoms with Crippen LogP contribution >= 0.6 is 0 Å². The summed E-state index contributed by atoms with van der Waals surface area (Å²) in [6.45, 7) is 3.53. The molecule has 0 bridgehead atoms. The molecular weight excluding hydrogens is 276 g/mol. The van der Waals surface area contributed by atoms with E-state index in [1.807, 2.05) is 18.2 Å².